The van der Waals surface area contributed by atoms with Crippen molar-refractivity contribution in [1.82, 2.24) is 10.5 Å². The van der Waals surface area contributed by atoms with E-state index < -0.39 is 28.8 Å². The summed E-state index contributed by atoms with van der Waals surface area (Å²) in [6.45, 7) is 12.6. The molecular formula is C24H54B2N2O6P2. The minimum atomic E-state index is -2.49. The number of hydrogen-bond acceptors (Lipinski definition) is 8. The van der Waals surface area contributed by atoms with Gasteiger partial charge in [-0.1, -0.05) is 26.7 Å². The standard InChI is InChI=1S/2C12H27BNO3P/c2*1-4-6-9-18(16,17-5-2)12-8-7-11(10-12)14-13(3)15/h2*11-12,14-15H,4-10H2,1-3H3/t2*11-,12+,18?/m10/s1. The van der Waals surface area contributed by atoms with Crippen LogP contribution in [0.25, 0.3) is 0 Å². The van der Waals surface area contributed by atoms with E-state index >= 15 is 0 Å². The van der Waals surface area contributed by atoms with Crippen molar-refractivity contribution < 1.29 is 28.2 Å². The van der Waals surface area contributed by atoms with E-state index in [-0.39, 0.29) is 23.4 Å². The fraction of sp³-hybridized carbons (Fsp3) is 1.00. The molecule has 0 bridgehead atoms. The molecule has 0 aromatic heterocycles. The number of rotatable bonds is 16. The average molecular weight is 550 g/mol. The summed E-state index contributed by atoms with van der Waals surface area (Å²) in [4.78, 5) is 0. The van der Waals surface area contributed by atoms with Crippen molar-refractivity contribution in [3.05, 3.63) is 0 Å². The topological polar surface area (TPSA) is 117 Å². The molecule has 2 aliphatic carbocycles. The van der Waals surface area contributed by atoms with Gasteiger partial charge in [0.1, 0.15) is 0 Å². The van der Waals surface area contributed by atoms with E-state index in [0.717, 1.165) is 64.2 Å². The molecule has 0 aliphatic heterocycles. The molecule has 212 valence electrons. The molecule has 4 N–H and O–H groups in total. The lowest BCUT2D eigenvalue weighted by molar-refractivity contribution is 0.323. The predicted octanol–water partition coefficient (Wildman–Crippen LogP) is 5.44. The fourth-order valence-electron chi connectivity index (χ4n) is 5.51. The molecule has 0 amide bonds. The highest BCUT2D eigenvalue weighted by molar-refractivity contribution is 7.60. The van der Waals surface area contributed by atoms with E-state index in [4.69, 9.17) is 9.05 Å². The van der Waals surface area contributed by atoms with Crippen LogP contribution in [0.3, 0.4) is 0 Å². The van der Waals surface area contributed by atoms with Crippen molar-refractivity contribution in [1.29, 1.82) is 0 Å². The highest BCUT2D eigenvalue weighted by atomic mass is 31.2. The van der Waals surface area contributed by atoms with Crippen LogP contribution < -0.4 is 10.5 Å². The zero-order chi connectivity index (χ0) is 27.2. The first-order chi connectivity index (χ1) is 17.0. The minimum absolute atomic E-state index is 0.181. The van der Waals surface area contributed by atoms with Crippen molar-refractivity contribution >= 4 is 28.8 Å². The van der Waals surface area contributed by atoms with Gasteiger partial charge in [-0.3, -0.25) is 9.13 Å². The quantitative estimate of drug-likeness (QED) is 0.148. The molecule has 0 radical (unpaired) electrons. The van der Waals surface area contributed by atoms with E-state index in [2.05, 4.69) is 24.3 Å². The van der Waals surface area contributed by atoms with Crippen LogP contribution in [0.4, 0.5) is 0 Å². The smallest absolute Gasteiger partial charge is 0.373 e. The summed E-state index contributed by atoms with van der Waals surface area (Å²) in [5, 5.41) is 24.9. The maximum Gasteiger partial charge on any atom is 0.373 e. The van der Waals surface area contributed by atoms with Gasteiger partial charge in [-0.2, -0.15) is 0 Å². The lowest BCUT2D eigenvalue weighted by Crippen LogP contribution is -2.38. The number of unbranched alkanes of at least 4 members (excludes halogenated alkanes) is 2. The molecule has 2 unspecified atom stereocenters. The third-order valence-corrected chi connectivity index (χ3v) is 13.7. The lowest BCUT2D eigenvalue weighted by atomic mass is 9.87. The second-order valence-corrected chi connectivity index (χ2v) is 16.2. The lowest BCUT2D eigenvalue weighted by Gasteiger charge is -2.24. The Hall–Kier alpha value is 0.350. The molecular weight excluding hydrogens is 496 g/mol. The summed E-state index contributed by atoms with van der Waals surface area (Å²) in [6.07, 6.45) is 11.1. The summed E-state index contributed by atoms with van der Waals surface area (Å²) < 4.78 is 37.1. The molecule has 2 fully saturated rings. The Balaban J connectivity index is 0.000000360. The van der Waals surface area contributed by atoms with Crippen molar-refractivity contribution in [2.75, 3.05) is 25.5 Å². The van der Waals surface area contributed by atoms with Gasteiger partial charge in [0.2, 0.25) is 14.7 Å². The number of hydrogen-bond donors (Lipinski definition) is 4. The summed E-state index contributed by atoms with van der Waals surface area (Å²) >= 11 is 0. The van der Waals surface area contributed by atoms with Crippen LogP contribution in [-0.2, 0) is 18.2 Å². The van der Waals surface area contributed by atoms with Crippen LogP contribution in [0.2, 0.25) is 13.6 Å². The van der Waals surface area contributed by atoms with Crippen LogP contribution in [0.1, 0.15) is 91.9 Å². The van der Waals surface area contributed by atoms with Crippen LogP contribution in [0.15, 0.2) is 0 Å². The van der Waals surface area contributed by atoms with Crippen LogP contribution in [0.5, 0.6) is 0 Å². The maximum atomic E-state index is 12.9. The van der Waals surface area contributed by atoms with Crippen LogP contribution in [-0.4, -0.2) is 73.1 Å². The Morgan fingerprint density at radius 1 is 0.722 bits per heavy atom. The molecule has 0 saturated heterocycles. The molecule has 0 heterocycles. The van der Waals surface area contributed by atoms with E-state index in [9.17, 15) is 19.2 Å². The monoisotopic (exact) mass is 550 g/mol. The highest BCUT2D eigenvalue weighted by Crippen LogP contribution is 2.58. The summed E-state index contributed by atoms with van der Waals surface area (Å²) in [5.74, 6) is 0. The first-order valence-corrected chi connectivity index (χ1v) is 18.1. The fourth-order valence-corrected chi connectivity index (χ4v) is 11.5. The first kappa shape index (κ1) is 34.4. The van der Waals surface area contributed by atoms with Crippen molar-refractivity contribution in [3.8, 4) is 0 Å². The summed E-state index contributed by atoms with van der Waals surface area (Å²) in [5.41, 5.74) is 0.362. The van der Waals surface area contributed by atoms with Gasteiger partial charge < -0.3 is 29.6 Å². The summed E-state index contributed by atoms with van der Waals surface area (Å²) in [6, 6.07) is 0.566. The molecule has 0 spiro atoms. The average Bonchev–Trinajstić information content (AvgIpc) is 3.47. The van der Waals surface area contributed by atoms with Crippen molar-refractivity contribution in [2.45, 2.75) is 129 Å². The highest BCUT2D eigenvalue weighted by Gasteiger charge is 2.40. The first-order valence-electron chi connectivity index (χ1n) is 14.4. The molecule has 2 saturated carbocycles. The molecule has 8 nitrogen and oxygen atoms in total. The van der Waals surface area contributed by atoms with Crippen molar-refractivity contribution in [3.63, 3.8) is 0 Å². The van der Waals surface area contributed by atoms with Crippen molar-refractivity contribution in [2.24, 2.45) is 0 Å². The van der Waals surface area contributed by atoms with Crippen LogP contribution in [0, 0.1) is 0 Å². The minimum Gasteiger partial charge on any atom is -0.437 e. The zero-order valence-electron chi connectivity index (χ0n) is 23.8. The Bertz CT molecular complexity index is 633. The van der Waals surface area contributed by atoms with Gasteiger partial charge >= 0.3 is 14.1 Å². The van der Waals surface area contributed by atoms with E-state index in [1.165, 1.54) is 0 Å². The van der Waals surface area contributed by atoms with Gasteiger partial charge in [0, 0.05) is 23.6 Å². The zero-order valence-corrected chi connectivity index (χ0v) is 25.6. The third kappa shape index (κ3) is 12.0. The second-order valence-electron chi connectivity index (χ2n) is 10.5. The van der Waals surface area contributed by atoms with Gasteiger partial charge in [0.25, 0.3) is 0 Å². The van der Waals surface area contributed by atoms with Gasteiger partial charge in [-0.25, -0.2) is 0 Å². The maximum absolute atomic E-state index is 12.9. The van der Waals surface area contributed by atoms with Gasteiger partial charge in [0.05, 0.1) is 13.2 Å². The number of nitrogens with one attached hydrogen (secondary N) is 2. The largest absolute Gasteiger partial charge is 0.437 e. The molecule has 0 aromatic rings. The Morgan fingerprint density at radius 2 is 1.08 bits per heavy atom. The third-order valence-electron chi connectivity index (χ3n) is 7.22. The Kier molecular flexibility index (Phi) is 17.0. The molecule has 36 heavy (non-hydrogen) atoms. The molecule has 2 rings (SSSR count). The van der Waals surface area contributed by atoms with Gasteiger partial charge in [-0.15, -0.1) is 0 Å². The van der Waals surface area contributed by atoms with E-state index in [1.807, 2.05) is 13.8 Å². The van der Waals surface area contributed by atoms with Gasteiger partial charge in [-0.05, 0) is 90.9 Å². The van der Waals surface area contributed by atoms with E-state index in [0.29, 0.717) is 25.5 Å². The van der Waals surface area contributed by atoms with Crippen LogP contribution >= 0.6 is 14.7 Å². The Labute approximate surface area is 222 Å². The normalized spacial score (nSPS) is 27.1. The van der Waals surface area contributed by atoms with E-state index in [1.54, 1.807) is 13.6 Å². The SMILES string of the molecule is CCCCP(=O)(OCC)[C@@H]1CC[C@H](NB(C)O)C1.CCCCP(=O)(OCC)[C@H]1CC[C@@H](NB(C)O)C1. The molecule has 2 aliphatic rings. The second kappa shape index (κ2) is 17.8. The van der Waals surface area contributed by atoms with Gasteiger partial charge in [0.15, 0.2) is 0 Å². The molecule has 12 heteroatoms. The molecule has 0 aromatic carbocycles. The molecule has 6 atom stereocenters. The predicted molar refractivity (Wildman–Crippen MR) is 155 cm³/mol. The summed E-state index contributed by atoms with van der Waals surface area (Å²) in [7, 11) is -5.95. The Morgan fingerprint density at radius 3 is 1.36 bits per heavy atom.